The summed E-state index contributed by atoms with van der Waals surface area (Å²) in [6, 6.07) is 15.6. The van der Waals surface area contributed by atoms with Crippen molar-refractivity contribution in [3.63, 3.8) is 0 Å². The van der Waals surface area contributed by atoms with Gasteiger partial charge in [0.05, 0.1) is 7.11 Å². The minimum atomic E-state index is -0.335. The number of benzene rings is 2. The standard InChI is InChI=1S/C17H17ClO3/c1-20-16-11-13(8-10-17(18)19)7-9-15(16)21-12-14-5-3-2-4-6-14/h2-7,9,11H,8,10,12H2,1H3. The van der Waals surface area contributed by atoms with Crippen LogP contribution in [0.4, 0.5) is 0 Å². The number of ether oxygens (including phenoxy) is 2. The summed E-state index contributed by atoms with van der Waals surface area (Å²) in [6.07, 6.45) is 0.909. The van der Waals surface area contributed by atoms with Crippen LogP contribution in [-0.2, 0) is 17.8 Å². The van der Waals surface area contributed by atoms with Crippen LogP contribution in [0, 0.1) is 0 Å². The highest BCUT2D eigenvalue weighted by molar-refractivity contribution is 6.63. The first-order valence-electron chi connectivity index (χ1n) is 6.71. The predicted octanol–water partition coefficient (Wildman–Crippen LogP) is 3.97. The summed E-state index contributed by atoms with van der Waals surface area (Å²) in [7, 11) is 1.60. The van der Waals surface area contributed by atoms with Crippen molar-refractivity contribution < 1.29 is 14.3 Å². The number of aryl methyl sites for hydroxylation is 1. The molecular weight excluding hydrogens is 288 g/mol. The van der Waals surface area contributed by atoms with Gasteiger partial charge in [0.25, 0.3) is 0 Å². The summed E-state index contributed by atoms with van der Waals surface area (Å²) in [4.78, 5) is 10.8. The van der Waals surface area contributed by atoms with Crippen LogP contribution < -0.4 is 9.47 Å². The molecule has 4 heteroatoms. The summed E-state index contributed by atoms with van der Waals surface area (Å²) in [5, 5.41) is -0.335. The van der Waals surface area contributed by atoms with Crippen molar-refractivity contribution in [3.8, 4) is 11.5 Å². The third-order valence-corrected chi connectivity index (χ3v) is 3.26. The fraction of sp³-hybridized carbons (Fsp3) is 0.235. The van der Waals surface area contributed by atoms with E-state index in [0.29, 0.717) is 30.9 Å². The van der Waals surface area contributed by atoms with Crippen molar-refractivity contribution in [1.29, 1.82) is 0 Å². The lowest BCUT2D eigenvalue weighted by atomic mass is 10.1. The van der Waals surface area contributed by atoms with Crippen LogP contribution in [0.5, 0.6) is 11.5 Å². The molecule has 0 aliphatic rings. The summed E-state index contributed by atoms with van der Waals surface area (Å²) in [5.41, 5.74) is 2.09. The Balaban J connectivity index is 2.04. The van der Waals surface area contributed by atoms with Crippen LogP contribution in [0.15, 0.2) is 48.5 Å². The number of carbonyl (C=O) groups excluding carboxylic acids is 1. The van der Waals surface area contributed by atoms with Crippen molar-refractivity contribution >= 4 is 16.8 Å². The zero-order valence-corrected chi connectivity index (χ0v) is 12.6. The monoisotopic (exact) mass is 304 g/mol. The zero-order valence-electron chi connectivity index (χ0n) is 11.8. The van der Waals surface area contributed by atoms with Gasteiger partial charge < -0.3 is 9.47 Å². The Hall–Kier alpha value is -2.00. The van der Waals surface area contributed by atoms with E-state index in [2.05, 4.69) is 0 Å². The topological polar surface area (TPSA) is 35.5 Å². The van der Waals surface area contributed by atoms with Crippen LogP contribution in [0.1, 0.15) is 17.5 Å². The molecule has 0 atom stereocenters. The van der Waals surface area contributed by atoms with Crippen LogP contribution in [0.25, 0.3) is 0 Å². The molecule has 2 rings (SSSR count). The van der Waals surface area contributed by atoms with Gasteiger partial charge in [-0.15, -0.1) is 0 Å². The molecule has 2 aromatic rings. The van der Waals surface area contributed by atoms with Crippen LogP contribution >= 0.6 is 11.6 Å². The number of hydrogen-bond acceptors (Lipinski definition) is 3. The van der Waals surface area contributed by atoms with Crippen molar-refractivity contribution in [2.45, 2.75) is 19.4 Å². The van der Waals surface area contributed by atoms with Crippen molar-refractivity contribution in [1.82, 2.24) is 0 Å². The van der Waals surface area contributed by atoms with E-state index in [1.54, 1.807) is 7.11 Å². The van der Waals surface area contributed by atoms with Gasteiger partial charge >= 0.3 is 0 Å². The third kappa shape index (κ3) is 4.80. The van der Waals surface area contributed by atoms with E-state index in [-0.39, 0.29) is 5.24 Å². The summed E-state index contributed by atoms with van der Waals surface area (Å²) in [5.74, 6) is 1.34. The van der Waals surface area contributed by atoms with E-state index < -0.39 is 0 Å². The van der Waals surface area contributed by atoms with Crippen molar-refractivity contribution in [2.75, 3.05) is 7.11 Å². The molecule has 21 heavy (non-hydrogen) atoms. The van der Waals surface area contributed by atoms with Crippen LogP contribution in [0.3, 0.4) is 0 Å². The summed E-state index contributed by atoms with van der Waals surface area (Å²) in [6.45, 7) is 0.483. The largest absolute Gasteiger partial charge is 0.493 e. The maximum Gasteiger partial charge on any atom is 0.221 e. The Morgan fingerprint density at radius 3 is 2.48 bits per heavy atom. The number of hydrogen-bond donors (Lipinski definition) is 0. The first-order chi connectivity index (χ1) is 10.2. The van der Waals surface area contributed by atoms with E-state index in [4.69, 9.17) is 21.1 Å². The normalized spacial score (nSPS) is 10.2. The lowest BCUT2D eigenvalue weighted by Gasteiger charge is -2.12. The SMILES string of the molecule is COc1cc(CCC(=O)Cl)ccc1OCc1ccccc1. The average Bonchev–Trinajstić information content (AvgIpc) is 2.52. The fourth-order valence-corrected chi connectivity index (χ4v) is 2.06. The van der Waals surface area contributed by atoms with Gasteiger partial charge in [-0.1, -0.05) is 36.4 Å². The smallest absolute Gasteiger partial charge is 0.221 e. The maximum absolute atomic E-state index is 10.8. The Morgan fingerprint density at radius 2 is 1.81 bits per heavy atom. The number of methoxy groups -OCH3 is 1. The van der Waals surface area contributed by atoms with Gasteiger partial charge in [-0.2, -0.15) is 0 Å². The summed E-state index contributed by atoms with van der Waals surface area (Å²) < 4.78 is 11.1. The molecule has 0 bridgehead atoms. The van der Waals surface area contributed by atoms with Gasteiger partial charge in [0, 0.05) is 6.42 Å². The second-order valence-electron chi connectivity index (χ2n) is 4.61. The lowest BCUT2D eigenvalue weighted by Crippen LogP contribution is -1.99. The molecule has 0 aliphatic carbocycles. The molecule has 0 N–H and O–H groups in total. The second-order valence-corrected chi connectivity index (χ2v) is 5.04. The molecule has 0 fully saturated rings. The second kappa shape index (κ2) is 7.70. The predicted molar refractivity (Wildman–Crippen MR) is 82.9 cm³/mol. The van der Waals surface area contributed by atoms with Crippen molar-refractivity contribution in [3.05, 3.63) is 59.7 Å². The number of rotatable bonds is 7. The Bertz CT molecular complexity index is 596. The minimum Gasteiger partial charge on any atom is -0.493 e. The molecule has 0 aromatic heterocycles. The van der Waals surface area contributed by atoms with E-state index in [0.717, 1.165) is 11.1 Å². The van der Waals surface area contributed by atoms with Gasteiger partial charge in [-0.05, 0) is 41.3 Å². The van der Waals surface area contributed by atoms with Crippen LogP contribution in [-0.4, -0.2) is 12.4 Å². The Morgan fingerprint density at radius 1 is 1.05 bits per heavy atom. The van der Waals surface area contributed by atoms with Gasteiger partial charge in [0.15, 0.2) is 11.5 Å². The van der Waals surface area contributed by atoms with Crippen LogP contribution in [0.2, 0.25) is 0 Å². The Kier molecular flexibility index (Phi) is 5.64. The highest BCUT2D eigenvalue weighted by Gasteiger charge is 2.07. The first-order valence-corrected chi connectivity index (χ1v) is 7.09. The van der Waals surface area contributed by atoms with Gasteiger partial charge in [-0.3, -0.25) is 4.79 Å². The van der Waals surface area contributed by atoms with E-state index >= 15 is 0 Å². The molecular formula is C17H17ClO3. The molecule has 0 saturated carbocycles. The summed E-state index contributed by atoms with van der Waals surface area (Å²) >= 11 is 5.36. The molecule has 0 radical (unpaired) electrons. The van der Waals surface area contributed by atoms with E-state index in [1.807, 2.05) is 48.5 Å². The average molecular weight is 305 g/mol. The molecule has 0 aliphatic heterocycles. The molecule has 0 unspecified atom stereocenters. The fourth-order valence-electron chi connectivity index (χ4n) is 1.96. The third-order valence-electron chi connectivity index (χ3n) is 3.08. The Labute approximate surface area is 129 Å². The zero-order chi connectivity index (χ0) is 15.1. The number of halogens is 1. The minimum absolute atomic E-state index is 0.314. The molecule has 0 amide bonds. The van der Waals surface area contributed by atoms with E-state index in [9.17, 15) is 4.79 Å². The van der Waals surface area contributed by atoms with Gasteiger partial charge in [0.1, 0.15) is 6.61 Å². The first kappa shape index (κ1) is 15.4. The number of carbonyl (C=O) groups is 1. The van der Waals surface area contributed by atoms with Crippen molar-refractivity contribution in [2.24, 2.45) is 0 Å². The molecule has 0 heterocycles. The molecule has 0 saturated heterocycles. The van der Waals surface area contributed by atoms with E-state index in [1.165, 1.54) is 0 Å². The molecule has 0 spiro atoms. The molecule has 3 nitrogen and oxygen atoms in total. The van der Waals surface area contributed by atoms with Gasteiger partial charge in [0.2, 0.25) is 5.24 Å². The maximum atomic E-state index is 10.8. The highest BCUT2D eigenvalue weighted by Crippen LogP contribution is 2.29. The lowest BCUT2D eigenvalue weighted by molar-refractivity contribution is -0.111. The molecule has 110 valence electrons. The quantitative estimate of drug-likeness (QED) is 0.726. The highest BCUT2D eigenvalue weighted by atomic mass is 35.5. The van der Waals surface area contributed by atoms with Gasteiger partial charge in [-0.25, -0.2) is 0 Å². The molecule has 2 aromatic carbocycles.